The van der Waals surface area contributed by atoms with Crippen LogP contribution in [0.5, 0.6) is 0 Å². The predicted octanol–water partition coefficient (Wildman–Crippen LogP) is 3.66. The van der Waals surface area contributed by atoms with E-state index in [9.17, 15) is 0 Å². The van der Waals surface area contributed by atoms with Gasteiger partial charge in [-0.1, -0.05) is 30.1 Å². The summed E-state index contributed by atoms with van der Waals surface area (Å²) in [6, 6.07) is 5.33. The van der Waals surface area contributed by atoms with E-state index in [-0.39, 0.29) is 0 Å². The van der Waals surface area contributed by atoms with Crippen molar-refractivity contribution in [3.8, 4) is 11.4 Å². The summed E-state index contributed by atoms with van der Waals surface area (Å²) in [6.45, 7) is 2.97. The molecular weight excluding hydrogens is 245 g/mol. The maximum Gasteiger partial charge on any atom is 0.165 e. The van der Waals surface area contributed by atoms with Crippen molar-refractivity contribution in [1.82, 2.24) is 14.8 Å². The van der Waals surface area contributed by atoms with Crippen LogP contribution in [0.4, 0.5) is 0 Å². The maximum absolute atomic E-state index is 6.12. The van der Waals surface area contributed by atoms with Crippen LogP contribution in [0, 0.1) is 0 Å². The molecule has 1 aromatic heterocycles. The van der Waals surface area contributed by atoms with Crippen LogP contribution >= 0.6 is 23.2 Å². The lowest BCUT2D eigenvalue weighted by Crippen LogP contribution is -1.98. The van der Waals surface area contributed by atoms with Gasteiger partial charge in [0.15, 0.2) is 5.82 Å². The molecule has 2 rings (SSSR count). The maximum atomic E-state index is 6.12. The summed E-state index contributed by atoms with van der Waals surface area (Å²) in [5.74, 6) is 0.759. The SMILES string of the molecule is CCCn1cnnc1-c1cc(Cl)ccc1Cl. The van der Waals surface area contributed by atoms with Crippen molar-refractivity contribution in [3.63, 3.8) is 0 Å². The minimum absolute atomic E-state index is 0.634. The summed E-state index contributed by atoms with van der Waals surface area (Å²) < 4.78 is 1.97. The van der Waals surface area contributed by atoms with E-state index < -0.39 is 0 Å². The molecule has 0 radical (unpaired) electrons. The second-order valence-corrected chi connectivity index (χ2v) is 4.32. The lowest BCUT2D eigenvalue weighted by Gasteiger charge is -2.06. The topological polar surface area (TPSA) is 30.7 Å². The van der Waals surface area contributed by atoms with Crippen molar-refractivity contribution in [1.29, 1.82) is 0 Å². The van der Waals surface area contributed by atoms with Crippen LogP contribution in [0.15, 0.2) is 24.5 Å². The molecule has 0 fully saturated rings. The molecule has 0 amide bonds. The van der Waals surface area contributed by atoms with Gasteiger partial charge in [0.1, 0.15) is 6.33 Å². The predicted molar refractivity (Wildman–Crippen MR) is 65.8 cm³/mol. The van der Waals surface area contributed by atoms with Crippen LogP contribution in [0.1, 0.15) is 13.3 Å². The van der Waals surface area contributed by atoms with Crippen LogP contribution < -0.4 is 0 Å². The largest absolute Gasteiger partial charge is 0.314 e. The molecule has 0 unspecified atom stereocenters. The highest BCUT2D eigenvalue weighted by atomic mass is 35.5. The van der Waals surface area contributed by atoms with Crippen molar-refractivity contribution in [3.05, 3.63) is 34.6 Å². The van der Waals surface area contributed by atoms with Gasteiger partial charge in [-0.05, 0) is 24.6 Å². The Bertz CT molecular complexity index is 494. The molecule has 0 saturated carbocycles. The molecule has 2 aromatic rings. The fraction of sp³-hybridized carbons (Fsp3) is 0.273. The van der Waals surface area contributed by atoms with Crippen molar-refractivity contribution >= 4 is 23.2 Å². The number of nitrogens with zero attached hydrogens (tertiary/aromatic N) is 3. The van der Waals surface area contributed by atoms with Crippen molar-refractivity contribution in [2.75, 3.05) is 0 Å². The summed E-state index contributed by atoms with van der Waals surface area (Å²) in [4.78, 5) is 0. The van der Waals surface area contributed by atoms with Crippen LogP contribution in [-0.2, 0) is 6.54 Å². The average Bonchev–Trinajstić information content (AvgIpc) is 2.70. The van der Waals surface area contributed by atoms with Gasteiger partial charge in [0, 0.05) is 17.1 Å². The number of benzene rings is 1. The zero-order valence-corrected chi connectivity index (χ0v) is 10.3. The Labute approximate surface area is 104 Å². The zero-order valence-electron chi connectivity index (χ0n) is 8.82. The summed E-state index contributed by atoms with van der Waals surface area (Å²) in [7, 11) is 0. The molecule has 0 saturated heterocycles. The quantitative estimate of drug-likeness (QED) is 0.838. The number of aromatic nitrogens is 3. The van der Waals surface area contributed by atoms with Gasteiger partial charge in [-0.25, -0.2) is 0 Å². The Morgan fingerprint density at radius 2 is 2.12 bits per heavy atom. The first-order chi connectivity index (χ1) is 7.72. The first kappa shape index (κ1) is 11.4. The highest BCUT2D eigenvalue weighted by molar-refractivity contribution is 6.35. The standard InChI is InChI=1S/C11H11Cl2N3/c1-2-5-16-7-14-15-11(16)9-6-8(12)3-4-10(9)13/h3-4,6-7H,2,5H2,1H3. The van der Waals surface area contributed by atoms with E-state index in [1.807, 2.05) is 4.57 Å². The molecule has 0 aliphatic heterocycles. The van der Waals surface area contributed by atoms with Gasteiger partial charge in [-0.15, -0.1) is 10.2 Å². The van der Waals surface area contributed by atoms with Gasteiger partial charge in [0.25, 0.3) is 0 Å². The monoisotopic (exact) mass is 255 g/mol. The third kappa shape index (κ3) is 2.20. The van der Waals surface area contributed by atoms with Gasteiger partial charge >= 0.3 is 0 Å². The molecule has 5 heteroatoms. The van der Waals surface area contributed by atoms with E-state index in [0.29, 0.717) is 10.0 Å². The Hall–Kier alpha value is -1.06. The number of aryl methyl sites for hydroxylation is 1. The van der Waals surface area contributed by atoms with Gasteiger partial charge in [-0.3, -0.25) is 0 Å². The van der Waals surface area contributed by atoms with E-state index >= 15 is 0 Å². The minimum atomic E-state index is 0.634. The Kier molecular flexibility index (Phi) is 3.46. The summed E-state index contributed by atoms with van der Waals surface area (Å²) in [5.41, 5.74) is 0.820. The van der Waals surface area contributed by atoms with E-state index in [2.05, 4.69) is 17.1 Å². The van der Waals surface area contributed by atoms with Crippen molar-refractivity contribution < 1.29 is 0 Å². The Morgan fingerprint density at radius 1 is 1.31 bits per heavy atom. The van der Waals surface area contributed by atoms with E-state index in [1.54, 1.807) is 24.5 Å². The highest BCUT2D eigenvalue weighted by Gasteiger charge is 2.10. The van der Waals surface area contributed by atoms with Crippen LogP contribution in [0.2, 0.25) is 10.0 Å². The van der Waals surface area contributed by atoms with Crippen molar-refractivity contribution in [2.24, 2.45) is 0 Å². The molecule has 0 bridgehead atoms. The van der Waals surface area contributed by atoms with E-state index in [0.717, 1.165) is 24.4 Å². The fourth-order valence-electron chi connectivity index (χ4n) is 1.54. The molecule has 16 heavy (non-hydrogen) atoms. The zero-order chi connectivity index (χ0) is 11.5. The molecule has 0 aliphatic rings. The lowest BCUT2D eigenvalue weighted by atomic mass is 10.2. The van der Waals surface area contributed by atoms with Crippen LogP contribution in [0.3, 0.4) is 0 Å². The summed E-state index contributed by atoms with van der Waals surface area (Å²) in [5, 5.41) is 9.25. The molecule has 1 heterocycles. The minimum Gasteiger partial charge on any atom is -0.314 e. The molecular formula is C11H11Cl2N3. The smallest absolute Gasteiger partial charge is 0.165 e. The summed E-state index contributed by atoms with van der Waals surface area (Å²) in [6.07, 6.45) is 2.72. The van der Waals surface area contributed by atoms with Gasteiger partial charge < -0.3 is 4.57 Å². The number of hydrogen-bond donors (Lipinski definition) is 0. The first-order valence-electron chi connectivity index (χ1n) is 5.05. The molecule has 0 N–H and O–H groups in total. The first-order valence-corrected chi connectivity index (χ1v) is 5.81. The number of rotatable bonds is 3. The fourth-order valence-corrected chi connectivity index (χ4v) is 1.91. The second-order valence-electron chi connectivity index (χ2n) is 3.47. The number of halogens is 2. The molecule has 0 spiro atoms. The molecule has 0 aliphatic carbocycles. The van der Waals surface area contributed by atoms with E-state index in [4.69, 9.17) is 23.2 Å². The van der Waals surface area contributed by atoms with Crippen LogP contribution in [-0.4, -0.2) is 14.8 Å². The summed E-state index contributed by atoms with van der Waals surface area (Å²) >= 11 is 12.1. The highest BCUT2D eigenvalue weighted by Crippen LogP contribution is 2.29. The third-order valence-corrected chi connectivity index (χ3v) is 2.81. The van der Waals surface area contributed by atoms with Gasteiger partial charge in [0.2, 0.25) is 0 Å². The number of hydrogen-bond acceptors (Lipinski definition) is 2. The Balaban J connectivity index is 2.49. The van der Waals surface area contributed by atoms with Crippen molar-refractivity contribution in [2.45, 2.75) is 19.9 Å². The second kappa shape index (κ2) is 4.85. The lowest BCUT2D eigenvalue weighted by molar-refractivity contribution is 0.683. The molecule has 0 atom stereocenters. The van der Waals surface area contributed by atoms with E-state index in [1.165, 1.54) is 0 Å². The van der Waals surface area contributed by atoms with Gasteiger partial charge in [0.05, 0.1) is 5.02 Å². The normalized spacial score (nSPS) is 10.7. The molecule has 84 valence electrons. The average molecular weight is 256 g/mol. The Morgan fingerprint density at radius 3 is 2.88 bits per heavy atom. The third-order valence-electron chi connectivity index (χ3n) is 2.25. The van der Waals surface area contributed by atoms with Gasteiger partial charge in [-0.2, -0.15) is 0 Å². The molecule has 3 nitrogen and oxygen atoms in total. The molecule has 1 aromatic carbocycles. The van der Waals surface area contributed by atoms with Crippen LogP contribution in [0.25, 0.3) is 11.4 Å².